The van der Waals surface area contributed by atoms with E-state index in [4.69, 9.17) is 5.11 Å². The molecular formula is C14H19NO3. The van der Waals surface area contributed by atoms with Crippen LogP contribution in [0.25, 0.3) is 0 Å². The van der Waals surface area contributed by atoms with Crippen LogP contribution < -0.4 is 5.32 Å². The summed E-state index contributed by atoms with van der Waals surface area (Å²) >= 11 is 0. The normalized spacial score (nSPS) is 11.9. The van der Waals surface area contributed by atoms with Crippen LogP contribution in [0.15, 0.2) is 24.3 Å². The molecule has 1 rings (SSSR count). The Hall–Kier alpha value is -1.84. The second-order valence-corrected chi connectivity index (χ2v) is 4.14. The molecule has 4 nitrogen and oxygen atoms in total. The summed E-state index contributed by atoms with van der Waals surface area (Å²) in [6.07, 6.45) is 0.738. The number of hydrogen-bond acceptors (Lipinski definition) is 2. The average molecular weight is 249 g/mol. The number of aliphatic carboxylic acids is 1. The third-order valence-electron chi connectivity index (χ3n) is 2.84. The molecule has 18 heavy (non-hydrogen) atoms. The van der Waals surface area contributed by atoms with Crippen LogP contribution in [0.3, 0.4) is 0 Å². The second-order valence-electron chi connectivity index (χ2n) is 4.14. The largest absolute Gasteiger partial charge is 0.481 e. The van der Waals surface area contributed by atoms with Crippen LogP contribution in [-0.4, -0.2) is 23.5 Å². The molecule has 0 aliphatic carbocycles. The predicted molar refractivity (Wildman–Crippen MR) is 69.5 cm³/mol. The second kappa shape index (κ2) is 6.79. The SMILES string of the molecule is CCNC(=O)C(CC(=O)O)c1ccc(CC)cc1. The molecule has 0 heterocycles. The Bertz CT molecular complexity index is 412. The zero-order chi connectivity index (χ0) is 13.5. The Balaban J connectivity index is 2.93. The van der Waals surface area contributed by atoms with E-state index in [1.165, 1.54) is 5.56 Å². The predicted octanol–water partition coefficient (Wildman–Crippen LogP) is 1.94. The zero-order valence-corrected chi connectivity index (χ0v) is 10.8. The lowest BCUT2D eigenvalue weighted by molar-refractivity contribution is -0.139. The Morgan fingerprint density at radius 2 is 1.83 bits per heavy atom. The van der Waals surface area contributed by atoms with Gasteiger partial charge in [-0.25, -0.2) is 0 Å². The van der Waals surface area contributed by atoms with Gasteiger partial charge in [-0.2, -0.15) is 0 Å². The van der Waals surface area contributed by atoms with Crippen LogP contribution in [0.2, 0.25) is 0 Å². The lowest BCUT2D eigenvalue weighted by Gasteiger charge is -2.15. The van der Waals surface area contributed by atoms with E-state index in [0.717, 1.165) is 12.0 Å². The standard InChI is InChI=1S/C14H19NO3/c1-3-10-5-7-11(8-6-10)12(9-13(16)17)14(18)15-4-2/h5-8,12H,3-4,9H2,1-2H3,(H,15,18)(H,16,17). The number of aryl methyl sites for hydroxylation is 1. The summed E-state index contributed by atoms with van der Waals surface area (Å²) in [6, 6.07) is 7.54. The molecule has 0 spiro atoms. The molecule has 0 aliphatic heterocycles. The third-order valence-corrected chi connectivity index (χ3v) is 2.84. The van der Waals surface area contributed by atoms with Gasteiger partial charge in [0.25, 0.3) is 0 Å². The van der Waals surface area contributed by atoms with Crippen molar-refractivity contribution in [1.29, 1.82) is 0 Å². The zero-order valence-electron chi connectivity index (χ0n) is 10.8. The maximum absolute atomic E-state index is 11.9. The van der Waals surface area contributed by atoms with E-state index in [-0.39, 0.29) is 12.3 Å². The van der Waals surface area contributed by atoms with E-state index >= 15 is 0 Å². The molecule has 0 aliphatic rings. The van der Waals surface area contributed by atoms with Gasteiger partial charge in [0, 0.05) is 6.54 Å². The third kappa shape index (κ3) is 3.87. The van der Waals surface area contributed by atoms with Crippen molar-refractivity contribution in [3.05, 3.63) is 35.4 Å². The summed E-state index contributed by atoms with van der Waals surface area (Å²) < 4.78 is 0. The van der Waals surface area contributed by atoms with Gasteiger partial charge in [-0.3, -0.25) is 9.59 Å². The highest BCUT2D eigenvalue weighted by atomic mass is 16.4. The quantitative estimate of drug-likeness (QED) is 0.809. The van der Waals surface area contributed by atoms with Crippen LogP contribution in [0.1, 0.15) is 37.3 Å². The van der Waals surface area contributed by atoms with Gasteiger partial charge in [0.05, 0.1) is 12.3 Å². The average Bonchev–Trinajstić information content (AvgIpc) is 2.36. The molecule has 1 atom stereocenters. The maximum atomic E-state index is 11.9. The molecule has 1 aromatic rings. The first kappa shape index (κ1) is 14.2. The molecular weight excluding hydrogens is 230 g/mol. The summed E-state index contributed by atoms with van der Waals surface area (Å²) in [5.74, 6) is -1.82. The van der Waals surface area contributed by atoms with E-state index in [9.17, 15) is 9.59 Å². The fourth-order valence-corrected chi connectivity index (χ4v) is 1.82. The number of amides is 1. The van der Waals surface area contributed by atoms with Gasteiger partial charge in [0.2, 0.25) is 5.91 Å². The number of likely N-dealkylation sites (N-methyl/N-ethyl adjacent to an activating group) is 1. The number of carbonyl (C=O) groups excluding carboxylic acids is 1. The number of benzene rings is 1. The van der Waals surface area contributed by atoms with Crippen molar-refractivity contribution in [1.82, 2.24) is 5.32 Å². The van der Waals surface area contributed by atoms with Crippen molar-refractivity contribution in [3.8, 4) is 0 Å². The van der Waals surface area contributed by atoms with E-state index in [1.54, 1.807) is 0 Å². The lowest BCUT2D eigenvalue weighted by atomic mass is 9.93. The van der Waals surface area contributed by atoms with Crippen molar-refractivity contribution in [2.24, 2.45) is 0 Å². The fourth-order valence-electron chi connectivity index (χ4n) is 1.82. The van der Waals surface area contributed by atoms with Gasteiger partial charge in [-0.15, -0.1) is 0 Å². The smallest absolute Gasteiger partial charge is 0.304 e. The molecule has 2 N–H and O–H groups in total. The molecule has 98 valence electrons. The van der Waals surface area contributed by atoms with Crippen molar-refractivity contribution in [2.75, 3.05) is 6.54 Å². The highest BCUT2D eigenvalue weighted by Crippen LogP contribution is 2.21. The highest BCUT2D eigenvalue weighted by Gasteiger charge is 2.22. The molecule has 4 heteroatoms. The number of carboxylic acids is 1. The molecule has 0 fully saturated rings. The Labute approximate surface area is 107 Å². The van der Waals surface area contributed by atoms with Crippen LogP contribution >= 0.6 is 0 Å². The molecule has 0 saturated heterocycles. The first-order chi connectivity index (χ1) is 8.58. The number of carbonyl (C=O) groups is 2. The van der Waals surface area contributed by atoms with E-state index in [1.807, 2.05) is 38.1 Å². The van der Waals surface area contributed by atoms with Crippen molar-refractivity contribution in [3.63, 3.8) is 0 Å². The number of nitrogens with one attached hydrogen (secondary N) is 1. The summed E-state index contributed by atoms with van der Waals surface area (Å²) in [5, 5.41) is 11.6. The maximum Gasteiger partial charge on any atom is 0.304 e. The minimum absolute atomic E-state index is 0.183. The number of rotatable bonds is 6. The van der Waals surface area contributed by atoms with E-state index in [2.05, 4.69) is 5.32 Å². The number of carboxylic acid groups (broad SMARTS) is 1. The molecule has 1 unspecified atom stereocenters. The van der Waals surface area contributed by atoms with Gasteiger partial charge in [-0.1, -0.05) is 31.2 Å². The molecule has 0 radical (unpaired) electrons. The van der Waals surface area contributed by atoms with Crippen LogP contribution in [0.4, 0.5) is 0 Å². The first-order valence-electron chi connectivity index (χ1n) is 6.16. The summed E-state index contributed by atoms with van der Waals surface area (Å²) in [7, 11) is 0. The van der Waals surface area contributed by atoms with Crippen LogP contribution in [-0.2, 0) is 16.0 Å². The summed E-state index contributed by atoms with van der Waals surface area (Å²) in [4.78, 5) is 22.7. The van der Waals surface area contributed by atoms with E-state index < -0.39 is 11.9 Å². The molecule has 0 bridgehead atoms. The monoisotopic (exact) mass is 249 g/mol. The Morgan fingerprint density at radius 1 is 1.22 bits per heavy atom. The fraction of sp³-hybridized carbons (Fsp3) is 0.429. The summed E-state index contributed by atoms with van der Waals surface area (Å²) in [5.41, 5.74) is 1.92. The summed E-state index contributed by atoms with van der Waals surface area (Å²) in [6.45, 7) is 4.37. The molecule has 1 aromatic carbocycles. The lowest BCUT2D eigenvalue weighted by Crippen LogP contribution is -2.30. The minimum Gasteiger partial charge on any atom is -0.481 e. The highest BCUT2D eigenvalue weighted by molar-refractivity contribution is 5.87. The van der Waals surface area contributed by atoms with Gasteiger partial charge >= 0.3 is 5.97 Å². The number of hydrogen-bond donors (Lipinski definition) is 2. The van der Waals surface area contributed by atoms with Crippen molar-refractivity contribution in [2.45, 2.75) is 32.6 Å². The van der Waals surface area contributed by atoms with Gasteiger partial charge < -0.3 is 10.4 Å². The van der Waals surface area contributed by atoms with Gasteiger partial charge in [0.1, 0.15) is 0 Å². The Morgan fingerprint density at radius 3 is 2.28 bits per heavy atom. The van der Waals surface area contributed by atoms with Gasteiger partial charge in [-0.05, 0) is 24.5 Å². The van der Waals surface area contributed by atoms with Crippen molar-refractivity contribution >= 4 is 11.9 Å². The van der Waals surface area contributed by atoms with Crippen LogP contribution in [0, 0.1) is 0 Å². The molecule has 0 saturated carbocycles. The Kier molecular flexibility index (Phi) is 5.36. The topological polar surface area (TPSA) is 66.4 Å². The van der Waals surface area contributed by atoms with Crippen molar-refractivity contribution < 1.29 is 14.7 Å². The molecule has 1 amide bonds. The molecule has 0 aromatic heterocycles. The van der Waals surface area contributed by atoms with Crippen LogP contribution in [0.5, 0.6) is 0 Å². The minimum atomic E-state index is -0.967. The van der Waals surface area contributed by atoms with Gasteiger partial charge in [0.15, 0.2) is 0 Å². The van der Waals surface area contributed by atoms with E-state index in [0.29, 0.717) is 6.54 Å². The first-order valence-corrected chi connectivity index (χ1v) is 6.16.